The third-order valence-corrected chi connectivity index (χ3v) is 5.78. The maximum Gasteiger partial charge on any atom is 0.296 e. The van der Waals surface area contributed by atoms with E-state index in [0.29, 0.717) is 16.8 Å². The largest absolute Gasteiger partial charge is 0.507 e. The number of ketones is 1. The molecule has 0 aromatic heterocycles. The molecule has 4 rings (SSSR count). The van der Waals surface area contributed by atoms with E-state index in [1.54, 1.807) is 55.6 Å². The highest BCUT2D eigenvalue weighted by Gasteiger charge is 2.66. The Bertz CT molecular complexity index is 1090. The Morgan fingerprint density at radius 3 is 2.40 bits per heavy atom. The molecule has 0 aliphatic carbocycles. The van der Waals surface area contributed by atoms with Crippen molar-refractivity contribution in [3.8, 4) is 0 Å². The molecule has 0 radical (unpaired) electrons. The zero-order chi connectivity index (χ0) is 21.6. The van der Waals surface area contributed by atoms with Crippen LogP contribution in [0.25, 0.3) is 5.76 Å². The molecule has 154 valence electrons. The molecule has 0 saturated carbocycles. The number of rotatable bonds is 4. The summed E-state index contributed by atoms with van der Waals surface area (Å²) in [5.41, 5.74) is 0.471. The summed E-state index contributed by atoms with van der Waals surface area (Å²) in [7, 11) is 3.07. The summed E-state index contributed by atoms with van der Waals surface area (Å²) in [6, 6.07) is 13.9. The van der Waals surface area contributed by atoms with Crippen LogP contribution in [0.4, 0.5) is 5.69 Å². The predicted octanol–water partition coefficient (Wildman–Crippen LogP) is 2.19. The first-order valence-corrected chi connectivity index (χ1v) is 9.59. The molecule has 0 unspecified atom stereocenters. The van der Waals surface area contributed by atoms with E-state index in [9.17, 15) is 19.5 Å². The number of benzene rings is 2. The highest BCUT2D eigenvalue weighted by Crippen LogP contribution is 2.53. The summed E-state index contributed by atoms with van der Waals surface area (Å²) in [6.07, 6.45) is 0. The molecule has 2 aromatic rings. The third kappa shape index (κ3) is 2.52. The minimum atomic E-state index is -1.73. The van der Waals surface area contributed by atoms with E-state index in [1.807, 2.05) is 6.92 Å². The molecule has 1 saturated heterocycles. The van der Waals surface area contributed by atoms with E-state index in [0.717, 1.165) is 5.56 Å². The Morgan fingerprint density at radius 2 is 1.73 bits per heavy atom. The molecule has 7 heteroatoms. The summed E-state index contributed by atoms with van der Waals surface area (Å²) >= 11 is 0. The van der Waals surface area contributed by atoms with Crippen LogP contribution >= 0.6 is 0 Å². The van der Waals surface area contributed by atoms with Crippen LogP contribution in [0.2, 0.25) is 0 Å². The van der Waals surface area contributed by atoms with Gasteiger partial charge in [0.15, 0.2) is 5.54 Å². The number of aryl methyl sites for hydroxylation is 1. The molecule has 2 heterocycles. The highest BCUT2D eigenvalue weighted by molar-refractivity contribution is 6.50. The van der Waals surface area contributed by atoms with Crippen LogP contribution in [0.1, 0.15) is 16.7 Å². The maximum absolute atomic E-state index is 13.6. The summed E-state index contributed by atoms with van der Waals surface area (Å²) < 4.78 is 5.13. The Hall–Kier alpha value is -3.45. The Morgan fingerprint density at radius 1 is 1.07 bits per heavy atom. The molecule has 2 aliphatic heterocycles. The number of carbonyl (C=O) groups is 3. The van der Waals surface area contributed by atoms with Crippen molar-refractivity contribution in [3.63, 3.8) is 0 Å². The Balaban J connectivity index is 2.05. The number of aliphatic hydroxyl groups is 1. The van der Waals surface area contributed by atoms with Crippen molar-refractivity contribution in [1.82, 2.24) is 4.90 Å². The van der Waals surface area contributed by atoms with E-state index in [2.05, 4.69) is 0 Å². The van der Waals surface area contributed by atoms with E-state index < -0.39 is 23.1 Å². The lowest BCUT2D eigenvalue weighted by Crippen LogP contribution is -2.52. The molecule has 1 N–H and O–H groups in total. The van der Waals surface area contributed by atoms with Gasteiger partial charge in [0.1, 0.15) is 5.76 Å². The Kier molecular flexibility index (Phi) is 4.70. The van der Waals surface area contributed by atoms with Gasteiger partial charge >= 0.3 is 0 Å². The number of anilines is 1. The molecule has 7 nitrogen and oxygen atoms in total. The highest BCUT2D eigenvalue weighted by atomic mass is 16.5. The summed E-state index contributed by atoms with van der Waals surface area (Å²) in [4.78, 5) is 42.5. The number of fused-ring (bicyclic) bond motifs is 2. The first-order valence-electron chi connectivity index (χ1n) is 9.59. The van der Waals surface area contributed by atoms with Gasteiger partial charge in [0.05, 0.1) is 12.2 Å². The number of methoxy groups -OCH3 is 1. The van der Waals surface area contributed by atoms with Crippen molar-refractivity contribution in [2.24, 2.45) is 0 Å². The number of likely N-dealkylation sites (N-methyl/N-ethyl adjacent to an activating group) is 1. The van der Waals surface area contributed by atoms with Gasteiger partial charge in [-0.1, -0.05) is 48.0 Å². The van der Waals surface area contributed by atoms with Gasteiger partial charge in [0.2, 0.25) is 0 Å². The third-order valence-electron chi connectivity index (χ3n) is 5.78. The van der Waals surface area contributed by atoms with Crippen molar-refractivity contribution < 1.29 is 24.2 Å². The average Bonchev–Trinajstić information content (AvgIpc) is 3.11. The zero-order valence-electron chi connectivity index (χ0n) is 17.0. The van der Waals surface area contributed by atoms with Crippen LogP contribution in [0.3, 0.4) is 0 Å². The number of carbonyl (C=O) groups excluding carboxylic acids is 3. The van der Waals surface area contributed by atoms with Gasteiger partial charge in [-0.15, -0.1) is 0 Å². The van der Waals surface area contributed by atoms with Crippen molar-refractivity contribution in [2.45, 2.75) is 12.5 Å². The topological polar surface area (TPSA) is 87.1 Å². The molecular formula is C23H22N2O5. The zero-order valence-corrected chi connectivity index (χ0v) is 17.0. The van der Waals surface area contributed by atoms with Crippen LogP contribution in [0.15, 0.2) is 54.1 Å². The first-order chi connectivity index (χ1) is 14.4. The lowest BCUT2D eigenvalue weighted by atomic mass is 9.82. The fraction of sp³-hybridized carbons (Fsp3) is 0.261. The normalized spacial score (nSPS) is 22.3. The maximum atomic E-state index is 13.6. The van der Waals surface area contributed by atoms with Crippen molar-refractivity contribution in [2.75, 3.05) is 32.2 Å². The Labute approximate surface area is 174 Å². The summed E-state index contributed by atoms with van der Waals surface area (Å²) in [6.45, 7) is 2.07. The molecule has 2 aliphatic rings. The fourth-order valence-electron chi connectivity index (χ4n) is 4.31. The van der Waals surface area contributed by atoms with Gasteiger partial charge in [-0.2, -0.15) is 0 Å². The van der Waals surface area contributed by atoms with E-state index in [4.69, 9.17) is 4.74 Å². The SMILES string of the molecule is COCCN1C(=O)C(=O)C(=C(O)c2ccc(C)cc2)[C@]12C(=O)N(C)c1ccccc12. The molecule has 2 amide bonds. The van der Waals surface area contributed by atoms with Crippen molar-refractivity contribution in [3.05, 3.63) is 70.8 Å². The molecule has 0 bridgehead atoms. The number of aliphatic hydroxyl groups excluding tert-OH is 1. The van der Waals surface area contributed by atoms with Gasteiger partial charge in [0.25, 0.3) is 17.6 Å². The number of ether oxygens (including phenoxy) is 1. The second kappa shape index (κ2) is 7.11. The lowest BCUT2D eigenvalue weighted by molar-refractivity contribution is -0.144. The standard InChI is InChI=1S/C23H22N2O5/c1-14-8-10-15(11-9-14)19(26)18-20(27)21(28)25(12-13-30-3)23(18)16-6-4-5-7-17(16)24(2)22(23)29/h4-11,26H,12-13H2,1-3H3/t23-/m1/s1. The van der Waals surface area contributed by atoms with Crippen LogP contribution < -0.4 is 4.90 Å². The lowest BCUT2D eigenvalue weighted by Gasteiger charge is -2.34. The molecule has 2 aromatic carbocycles. The molecule has 1 atom stereocenters. The van der Waals surface area contributed by atoms with Gasteiger partial charge in [-0.25, -0.2) is 0 Å². The van der Waals surface area contributed by atoms with Gasteiger partial charge in [-0.05, 0) is 13.0 Å². The molecule has 1 spiro atoms. The minimum Gasteiger partial charge on any atom is -0.507 e. The van der Waals surface area contributed by atoms with E-state index in [-0.39, 0.29) is 24.5 Å². The number of hydrogen-bond donors (Lipinski definition) is 1. The molecule has 1 fully saturated rings. The predicted molar refractivity (Wildman–Crippen MR) is 111 cm³/mol. The molecular weight excluding hydrogens is 384 g/mol. The van der Waals surface area contributed by atoms with Crippen LogP contribution in [0, 0.1) is 6.92 Å². The fourth-order valence-corrected chi connectivity index (χ4v) is 4.31. The first kappa shape index (κ1) is 19.8. The van der Waals surface area contributed by atoms with Gasteiger partial charge in [-0.3, -0.25) is 14.4 Å². The van der Waals surface area contributed by atoms with E-state index in [1.165, 1.54) is 16.9 Å². The number of para-hydroxylation sites is 1. The number of amides is 2. The molecule has 30 heavy (non-hydrogen) atoms. The minimum absolute atomic E-state index is 0.0274. The van der Waals surface area contributed by atoms with Gasteiger partial charge in [0, 0.05) is 37.5 Å². The summed E-state index contributed by atoms with van der Waals surface area (Å²) in [5, 5.41) is 11.2. The van der Waals surface area contributed by atoms with Gasteiger partial charge < -0.3 is 19.6 Å². The quantitative estimate of drug-likeness (QED) is 0.478. The monoisotopic (exact) mass is 406 g/mol. The van der Waals surface area contributed by atoms with Crippen LogP contribution in [-0.2, 0) is 24.7 Å². The second-order valence-electron chi connectivity index (χ2n) is 7.46. The number of nitrogens with zero attached hydrogens (tertiary/aromatic N) is 2. The summed E-state index contributed by atoms with van der Waals surface area (Å²) in [5.74, 6) is -2.55. The van der Waals surface area contributed by atoms with Crippen LogP contribution in [-0.4, -0.2) is 54.9 Å². The van der Waals surface area contributed by atoms with E-state index >= 15 is 0 Å². The van der Waals surface area contributed by atoms with Crippen molar-refractivity contribution >= 4 is 29.0 Å². The number of hydrogen-bond acceptors (Lipinski definition) is 5. The number of likely N-dealkylation sites (tertiary alicyclic amines) is 1. The average molecular weight is 406 g/mol. The second-order valence-corrected chi connectivity index (χ2v) is 7.46. The smallest absolute Gasteiger partial charge is 0.296 e. The van der Waals surface area contributed by atoms with Crippen molar-refractivity contribution in [1.29, 1.82) is 0 Å². The number of Topliss-reactive ketones (excluding diaryl/α,β-unsaturated/α-hetero) is 1. The van der Waals surface area contributed by atoms with Crippen LogP contribution in [0.5, 0.6) is 0 Å².